The second-order valence-corrected chi connectivity index (χ2v) is 7.24. The van der Waals surface area contributed by atoms with Gasteiger partial charge in [-0.1, -0.05) is 56.1 Å². The van der Waals surface area contributed by atoms with Crippen LogP contribution >= 0.6 is 31.9 Å². The van der Waals surface area contributed by atoms with Crippen LogP contribution in [0.3, 0.4) is 0 Å². The first kappa shape index (κ1) is 20.9. The van der Waals surface area contributed by atoms with Crippen LogP contribution in [0, 0.1) is 45.3 Å². The molecule has 0 spiro atoms. The minimum Gasteiger partial charge on any atom is -0.192 e. The van der Waals surface area contributed by atoms with Crippen molar-refractivity contribution in [1.82, 2.24) is 0 Å². The molecule has 2 aromatic rings. The first-order valence-corrected chi connectivity index (χ1v) is 9.41. The van der Waals surface area contributed by atoms with Gasteiger partial charge in [0.2, 0.25) is 0 Å². The molecule has 0 saturated carbocycles. The molecular formula is C22H10Br2N4. The normalized spacial score (nSPS) is 10.2. The molecule has 0 fully saturated rings. The Kier molecular flexibility index (Phi) is 7.50. The Morgan fingerprint density at radius 3 is 1.11 bits per heavy atom. The molecule has 0 saturated heterocycles. The van der Waals surface area contributed by atoms with Gasteiger partial charge in [0.05, 0.1) is 0 Å². The molecule has 0 atom stereocenters. The monoisotopic (exact) mass is 488 g/mol. The van der Waals surface area contributed by atoms with E-state index in [9.17, 15) is 21.0 Å². The average Bonchev–Trinajstić information content (AvgIpc) is 2.72. The van der Waals surface area contributed by atoms with E-state index in [0.717, 1.165) is 20.1 Å². The molecular weight excluding hydrogens is 480 g/mol. The fraction of sp³-hybridized carbons (Fsp3) is 0. The number of hydrogen-bond acceptors (Lipinski definition) is 4. The summed E-state index contributed by atoms with van der Waals surface area (Å²) in [4.78, 5) is 0. The van der Waals surface area contributed by atoms with Gasteiger partial charge in [0.15, 0.2) is 0 Å². The van der Waals surface area contributed by atoms with Crippen molar-refractivity contribution in [3.05, 3.63) is 91.9 Å². The number of nitriles is 4. The molecule has 28 heavy (non-hydrogen) atoms. The van der Waals surface area contributed by atoms with Gasteiger partial charge in [-0.2, -0.15) is 21.0 Å². The van der Waals surface area contributed by atoms with Crippen molar-refractivity contribution >= 4 is 43.0 Å². The lowest BCUT2D eigenvalue weighted by Gasteiger charge is -2.12. The topological polar surface area (TPSA) is 95.2 Å². The summed E-state index contributed by atoms with van der Waals surface area (Å²) in [5.41, 5.74) is 2.39. The summed E-state index contributed by atoms with van der Waals surface area (Å²) in [6, 6.07) is 22.1. The van der Waals surface area contributed by atoms with E-state index in [0.29, 0.717) is 11.1 Å². The van der Waals surface area contributed by atoms with Gasteiger partial charge in [0.1, 0.15) is 35.4 Å². The predicted octanol–water partition coefficient (Wildman–Crippen LogP) is 6.07. The number of halogens is 2. The Morgan fingerprint density at radius 1 is 0.571 bits per heavy atom. The fourth-order valence-electron chi connectivity index (χ4n) is 2.36. The minimum absolute atomic E-state index is 0.0867. The van der Waals surface area contributed by atoms with E-state index in [1.807, 2.05) is 72.8 Å². The quantitative estimate of drug-likeness (QED) is 0.295. The van der Waals surface area contributed by atoms with Crippen LogP contribution in [-0.2, 0) is 0 Å². The number of benzene rings is 2. The van der Waals surface area contributed by atoms with Crippen molar-refractivity contribution in [2.75, 3.05) is 0 Å². The van der Waals surface area contributed by atoms with Crippen LogP contribution in [0.4, 0.5) is 0 Å². The highest BCUT2D eigenvalue weighted by Crippen LogP contribution is 2.32. The molecule has 132 valence electrons. The molecule has 0 unspecified atom stereocenters. The Bertz CT molecular complexity index is 1020. The number of allylic oxidation sites excluding steroid dienone is 6. The standard InChI is InChI=1S/C22H10Br2N4/c23-19-5-1-17(2-6-19)21(9-15(11-25)12-26)22(10-16(13-27)14-28)18-3-7-20(24)8-4-18/h1-10H. The van der Waals surface area contributed by atoms with E-state index in [-0.39, 0.29) is 11.1 Å². The molecule has 0 radical (unpaired) electrons. The molecule has 6 heteroatoms. The number of rotatable bonds is 4. The highest BCUT2D eigenvalue weighted by molar-refractivity contribution is 9.10. The predicted molar refractivity (Wildman–Crippen MR) is 114 cm³/mol. The van der Waals surface area contributed by atoms with Crippen molar-refractivity contribution in [3.63, 3.8) is 0 Å². The molecule has 0 aromatic heterocycles. The molecule has 4 nitrogen and oxygen atoms in total. The van der Waals surface area contributed by atoms with Crippen LogP contribution in [0.1, 0.15) is 11.1 Å². The lowest BCUT2D eigenvalue weighted by Crippen LogP contribution is -1.92. The average molecular weight is 490 g/mol. The summed E-state index contributed by atoms with van der Waals surface area (Å²) < 4.78 is 1.74. The summed E-state index contributed by atoms with van der Waals surface area (Å²) in [5.74, 6) is 0. The van der Waals surface area contributed by atoms with Crippen molar-refractivity contribution < 1.29 is 0 Å². The summed E-state index contributed by atoms with van der Waals surface area (Å²) >= 11 is 6.77. The van der Waals surface area contributed by atoms with Gasteiger partial charge in [0, 0.05) is 8.95 Å². The van der Waals surface area contributed by atoms with Crippen molar-refractivity contribution in [2.45, 2.75) is 0 Å². The maximum absolute atomic E-state index is 9.23. The Balaban J connectivity index is 2.95. The zero-order valence-corrected chi connectivity index (χ0v) is 17.5. The molecule has 0 aliphatic heterocycles. The zero-order chi connectivity index (χ0) is 20.5. The van der Waals surface area contributed by atoms with Crippen molar-refractivity contribution in [3.8, 4) is 24.3 Å². The first-order chi connectivity index (χ1) is 13.5. The van der Waals surface area contributed by atoms with Crippen LogP contribution in [0.2, 0.25) is 0 Å². The molecule has 0 aliphatic rings. The SMILES string of the molecule is N#CC(C#N)=CC(=C(C=C(C#N)C#N)c1ccc(Br)cc1)c1ccc(Br)cc1. The van der Waals surface area contributed by atoms with Gasteiger partial charge in [0.25, 0.3) is 0 Å². The number of hydrogen-bond donors (Lipinski definition) is 0. The van der Waals surface area contributed by atoms with E-state index in [4.69, 9.17) is 0 Å². The van der Waals surface area contributed by atoms with E-state index in [1.165, 1.54) is 12.2 Å². The highest BCUT2D eigenvalue weighted by Gasteiger charge is 2.12. The van der Waals surface area contributed by atoms with E-state index in [2.05, 4.69) is 31.9 Å². The molecule has 2 aromatic carbocycles. The van der Waals surface area contributed by atoms with E-state index >= 15 is 0 Å². The fourth-order valence-corrected chi connectivity index (χ4v) is 2.89. The van der Waals surface area contributed by atoms with Crippen LogP contribution < -0.4 is 0 Å². The first-order valence-electron chi connectivity index (χ1n) is 7.82. The van der Waals surface area contributed by atoms with E-state index in [1.54, 1.807) is 0 Å². The Labute approximate surface area is 179 Å². The second kappa shape index (κ2) is 10.1. The van der Waals surface area contributed by atoms with Gasteiger partial charge in [-0.15, -0.1) is 0 Å². The summed E-state index contributed by atoms with van der Waals surface area (Å²) in [7, 11) is 0. The smallest absolute Gasteiger partial charge is 0.130 e. The summed E-state index contributed by atoms with van der Waals surface area (Å²) in [6.45, 7) is 0. The molecule has 0 heterocycles. The van der Waals surface area contributed by atoms with Gasteiger partial charge >= 0.3 is 0 Å². The summed E-state index contributed by atoms with van der Waals surface area (Å²) in [6.07, 6.45) is 2.92. The van der Waals surface area contributed by atoms with Gasteiger partial charge in [-0.05, 0) is 58.7 Å². The van der Waals surface area contributed by atoms with Crippen LogP contribution in [0.5, 0.6) is 0 Å². The lowest BCUT2D eigenvalue weighted by atomic mass is 9.92. The van der Waals surface area contributed by atoms with Gasteiger partial charge in [-0.3, -0.25) is 0 Å². The molecule has 2 rings (SSSR count). The van der Waals surface area contributed by atoms with Gasteiger partial charge in [-0.25, -0.2) is 0 Å². The van der Waals surface area contributed by atoms with Crippen LogP contribution in [0.15, 0.2) is 80.8 Å². The Morgan fingerprint density at radius 2 is 0.857 bits per heavy atom. The lowest BCUT2D eigenvalue weighted by molar-refractivity contribution is 1.45. The maximum atomic E-state index is 9.23. The molecule has 0 N–H and O–H groups in total. The van der Waals surface area contributed by atoms with Crippen molar-refractivity contribution in [2.24, 2.45) is 0 Å². The van der Waals surface area contributed by atoms with E-state index < -0.39 is 0 Å². The third kappa shape index (κ3) is 5.29. The highest BCUT2D eigenvalue weighted by atomic mass is 79.9. The summed E-state index contributed by atoms with van der Waals surface area (Å²) in [5, 5.41) is 36.9. The molecule has 0 bridgehead atoms. The minimum atomic E-state index is -0.0867. The molecule has 0 amide bonds. The maximum Gasteiger partial charge on any atom is 0.130 e. The third-order valence-corrected chi connectivity index (χ3v) is 4.72. The van der Waals surface area contributed by atoms with Crippen LogP contribution in [-0.4, -0.2) is 0 Å². The second-order valence-electron chi connectivity index (χ2n) is 5.40. The molecule has 0 aliphatic carbocycles. The van der Waals surface area contributed by atoms with Gasteiger partial charge < -0.3 is 0 Å². The van der Waals surface area contributed by atoms with Crippen LogP contribution in [0.25, 0.3) is 11.1 Å². The number of nitrogens with zero attached hydrogens (tertiary/aromatic N) is 4. The van der Waals surface area contributed by atoms with Crippen molar-refractivity contribution in [1.29, 1.82) is 21.0 Å². The largest absolute Gasteiger partial charge is 0.192 e. The third-order valence-electron chi connectivity index (χ3n) is 3.66. The Hall–Kier alpha value is -3.42. The zero-order valence-electron chi connectivity index (χ0n) is 14.3.